The number of aryl methyl sites for hydroxylation is 3. The van der Waals surface area contributed by atoms with Crippen LogP contribution >= 0.6 is 0 Å². The summed E-state index contributed by atoms with van der Waals surface area (Å²) in [5.41, 5.74) is 6.57. The molecule has 2 atom stereocenters. The molecule has 0 saturated carbocycles. The van der Waals surface area contributed by atoms with Gasteiger partial charge in [0.05, 0.1) is 0 Å². The zero-order valence-corrected chi connectivity index (χ0v) is 13.2. The Morgan fingerprint density at radius 3 is 2.43 bits per heavy atom. The van der Waals surface area contributed by atoms with Crippen LogP contribution in [0.5, 0.6) is 5.75 Å². The molecule has 0 spiro atoms. The van der Waals surface area contributed by atoms with Gasteiger partial charge in [0, 0.05) is 18.0 Å². The number of benzene rings is 2. The predicted molar refractivity (Wildman–Crippen MR) is 86.9 cm³/mol. The van der Waals surface area contributed by atoms with Gasteiger partial charge in [-0.25, -0.2) is 0 Å². The molecule has 2 aromatic carbocycles. The van der Waals surface area contributed by atoms with Crippen molar-refractivity contribution < 1.29 is 4.74 Å². The summed E-state index contributed by atoms with van der Waals surface area (Å²) in [5.74, 6) is 1.01. The number of hydrogen-bond donors (Lipinski definition) is 1. The van der Waals surface area contributed by atoms with Crippen LogP contribution in [-0.4, -0.2) is 7.05 Å². The van der Waals surface area contributed by atoms with Gasteiger partial charge in [0.25, 0.3) is 0 Å². The van der Waals surface area contributed by atoms with Gasteiger partial charge in [0.15, 0.2) is 0 Å². The van der Waals surface area contributed by atoms with Crippen molar-refractivity contribution in [3.8, 4) is 5.75 Å². The lowest BCUT2D eigenvalue weighted by Gasteiger charge is -2.33. The van der Waals surface area contributed by atoms with Crippen molar-refractivity contribution >= 4 is 0 Å². The van der Waals surface area contributed by atoms with Gasteiger partial charge < -0.3 is 10.1 Å². The molecule has 0 aliphatic carbocycles. The number of fused-ring (bicyclic) bond motifs is 1. The van der Waals surface area contributed by atoms with Crippen molar-refractivity contribution in [1.29, 1.82) is 0 Å². The van der Waals surface area contributed by atoms with Crippen LogP contribution in [0.1, 0.15) is 46.4 Å². The molecule has 1 aliphatic heterocycles. The van der Waals surface area contributed by atoms with Gasteiger partial charge in [-0.2, -0.15) is 0 Å². The lowest BCUT2D eigenvalue weighted by atomic mass is 9.89. The Morgan fingerprint density at radius 2 is 1.67 bits per heavy atom. The smallest absolute Gasteiger partial charge is 0.126 e. The second kappa shape index (κ2) is 5.53. The van der Waals surface area contributed by atoms with Gasteiger partial charge in [-0.05, 0) is 56.1 Å². The fourth-order valence-electron chi connectivity index (χ4n) is 3.21. The Balaban J connectivity index is 2.00. The van der Waals surface area contributed by atoms with Gasteiger partial charge in [0.2, 0.25) is 0 Å². The molecule has 2 heteroatoms. The Morgan fingerprint density at radius 1 is 0.952 bits per heavy atom. The minimum absolute atomic E-state index is 0.122. The van der Waals surface area contributed by atoms with E-state index in [1.165, 1.54) is 27.8 Å². The first-order valence-corrected chi connectivity index (χ1v) is 7.60. The van der Waals surface area contributed by atoms with Crippen LogP contribution in [0.3, 0.4) is 0 Å². The van der Waals surface area contributed by atoms with Crippen molar-refractivity contribution in [2.75, 3.05) is 7.05 Å². The normalized spacial score (nSPS) is 20.8. The van der Waals surface area contributed by atoms with Crippen LogP contribution in [0, 0.1) is 20.8 Å². The molecule has 21 heavy (non-hydrogen) atoms. The van der Waals surface area contributed by atoms with Crippen molar-refractivity contribution in [1.82, 2.24) is 5.32 Å². The monoisotopic (exact) mass is 281 g/mol. The highest BCUT2D eigenvalue weighted by Gasteiger charge is 2.29. The lowest BCUT2D eigenvalue weighted by molar-refractivity contribution is 0.153. The summed E-state index contributed by atoms with van der Waals surface area (Å²) in [4.78, 5) is 0. The lowest BCUT2D eigenvalue weighted by Crippen LogP contribution is -2.27. The Labute approximate surface area is 127 Å². The number of nitrogens with one attached hydrogen (secondary N) is 1. The summed E-state index contributed by atoms with van der Waals surface area (Å²) in [5, 5.41) is 3.43. The molecule has 0 saturated heterocycles. The van der Waals surface area contributed by atoms with E-state index in [9.17, 15) is 0 Å². The molecule has 0 bridgehead atoms. The zero-order chi connectivity index (χ0) is 15.0. The van der Waals surface area contributed by atoms with E-state index in [0.29, 0.717) is 6.04 Å². The van der Waals surface area contributed by atoms with Crippen LogP contribution in [0.25, 0.3) is 0 Å². The maximum atomic E-state index is 6.29. The first-order chi connectivity index (χ1) is 10.1. The molecule has 0 radical (unpaired) electrons. The highest BCUT2D eigenvalue weighted by atomic mass is 16.5. The topological polar surface area (TPSA) is 21.3 Å². The SMILES string of the molecule is CNC1CC(c2cc(C)c(C)cc2C)Oc2ccccc21. The summed E-state index contributed by atoms with van der Waals surface area (Å²) in [7, 11) is 2.02. The van der Waals surface area contributed by atoms with Crippen LogP contribution < -0.4 is 10.1 Å². The second-order valence-corrected chi connectivity index (χ2v) is 6.01. The zero-order valence-electron chi connectivity index (χ0n) is 13.2. The third kappa shape index (κ3) is 2.56. The van der Waals surface area contributed by atoms with Crippen molar-refractivity contribution in [3.63, 3.8) is 0 Å². The molecule has 3 rings (SSSR count). The molecule has 2 aromatic rings. The third-order valence-corrected chi connectivity index (χ3v) is 4.59. The van der Waals surface area contributed by atoms with E-state index in [1.54, 1.807) is 0 Å². The minimum atomic E-state index is 0.122. The quantitative estimate of drug-likeness (QED) is 0.881. The second-order valence-electron chi connectivity index (χ2n) is 6.01. The Bertz CT molecular complexity index is 663. The molecule has 1 N–H and O–H groups in total. The first kappa shape index (κ1) is 14.2. The molecule has 2 unspecified atom stereocenters. The van der Waals surface area contributed by atoms with E-state index in [-0.39, 0.29) is 6.10 Å². The molecule has 0 aromatic heterocycles. The van der Waals surface area contributed by atoms with E-state index < -0.39 is 0 Å². The number of hydrogen-bond acceptors (Lipinski definition) is 2. The van der Waals surface area contributed by atoms with Crippen LogP contribution in [0.2, 0.25) is 0 Å². The summed E-state index contributed by atoms with van der Waals surface area (Å²) in [6.45, 7) is 6.52. The molecular weight excluding hydrogens is 258 g/mol. The average Bonchev–Trinajstić information content (AvgIpc) is 2.49. The molecule has 110 valence electrons. The Hall–Kier alpha value is -1.80. The van der Waals surface area contributed by atoms with Gasteiger partial charge in [-0.15, -0.1) is 0 Å². The van der Waals surface area contributed by atoms with E-state index in [1.807, 2.05) is 13.1 Å². The summed E-state index contributed by atoms with van der Waals surface area (Å²) >= 11 is 0. The maximum Gasteiger partial charge on any atom is 0.126 e. The van der Waals surface area contributed by atoms with Crippen molar-refractivity contribution in [3.05, 3.63) is 64.2 Å². The van der Waals surface area contributed by atoms with E-state index in [4.69, 9.17) is 4.74 Å². The highest BCUT2D eigenvalue weighted by Crippen LogP contribution is 2.41. The van der Waals surface area contributed by atoms with Crippen LogP contribution in [-0.2, 0) is 0 Å². The van der Waals surface area contributed by atoms with Crippen molar-refractivity contribution in [2.45, 2.75) is 39.3 Å². The van der Waals surface area contributed by atoms with E-state index >= 15 is 0 Å². The fraction of sp³-hybridized carbons (Fsp3) is 0.368. The number of para-hydroxylation sites is 1. The summed E-state index contributed by atoms with van der Waals surface area (Å²) < 4.78 is 6.29. The van der Waals surface area contributed by atoms with Gasteiger partial charge in [-0.3, -0.25) is 0 Å². The molecule has 0 fully saturated rings. The molecular formula is C19H23NO. The van der Waals surface area contributed by atoms with E-state index in [2.05, 4.69) is 56.4 Å². The van der Waals surface area contributed by atoms with Gasteiger partial charge >= 0.3 is 0 Å². The van der Waals surface area contributed by atoms with Gasteiger partial charge in [-0.1, -0.05) is 30.3 Å². The number of ether oxygens (including phenoxy) is 1. The van der Waals surface area contributed by atoms with Crippen LogP contribution in [0.15, 0.2) is 36.4 Å². The minimum Gasteiger partial charge on any atom is -0.485 e. The fourth-order valence-corrected chi connectivity index (χ4v) is 3.21. The molecule has 1 aliphatic rings. The highest BCUT2D eigenvalue weighted by molar-refractivity contribution is 5.42. The largest absolute Gasteiger partial charge is 0.485 e. The van der Waals surface area contributed by atoms with Crippen molar-refractivity contribution in [2.24, 2.45) is 0 Å². The Kier molecular flexibility index (Phi) is 3.73. The van der Waals surface area contributed by atoms with Crippen LogP contribution in [0.4, 0.5) is 0 Å². The summed E-state index contributed by atoms with van der Waals surface area (Å²) in [6, 6.07) is 13.2. The third-order valence-electron chi connectivity index (χ3n) is 4.59. The van der Waals surface area contributed by atoms with E-state index in [0.717, 1.165) is 12.2 Å². The molecule has 1 heterocycles. The summed E-state index contributed by atoms with van der Waals surface area (Å²) in [6.07, 6.45) is 1.09. The standard InChI is InChI=1S/C19H23NO/c1-12-9-14(3)16(10-13(12)2)19-11-17(20-4)15-7-5-6-8-18(15)21-19/h5-10,17,19-20H,11H2,1-4H3. The molecule has 2 nitrogen and oxygen atoms in total. The average molecular weight is 281 g/mol. The van der Waals surface area contributed by atoms with Gasteiger partial charge in [0.1, 0.15) is 11.9 Å². The molecule has 0 amide bonds. The maximum absolute atomic E-state index is 6.29. The first-order valence-electron chi connectivity index (χ1n) is 7.60. The predicted octanol–water partition coefficient (Wildman–Crippen LogP) is 4.40. The number of rotatable bonds is 2.